The van der Waals surface area contributed by atoms with E-state index in [0.717, 1.165) is 4.88 Å². The molecule has 14 heavy (non-hydrogen) atoms. The van der Waals surface area contributed by atoms with Gasteiger partial charge in [-0.25, -0.2) is 4.99 Å². The van der Waals surface area contributed by atoms with Crippen molar-refractivity contribution in [2.45, 2.75) is 6.42 Å². The normalized spacial score (nSPS) is 15.6. The second-order valence-electron chi connectivity index (χ2n) is 2.72. The molecule has 1 aliphatic rings. The number of thiophene rings is 1. The molecule has 5 heteroatoms. The first-order valence-corrected chi connectivity index (χ1v) is 6.17. The van der Waals surface area contributed by atoms with Gasteiger partial charge in [-0.1, -0.05) is 17.8 Å². The lowest BCUT2D eigenvalue weighted by molar-refractivity contribution is -0.111. The van der Waals surface area contributed by atoms with E-state index in [1.54, 1.807) is 11.3 Å². The maximum absolute atomic E-state index is 11.3. The third-order valence-electron chi connectivity index (χ3n) is 1.78. The van der Waals surface area contributed by atoms with Gasteiger partial charge in [0.15, 0.2) is 5.17 Å². The first kappa shape index (κ1) is 9.61. The summed E-state index contributed by atoms with van der Waals surface area (Å²) in [6.45, 7) is 0. The average Bonchev–Trinajstić information content (AvgIpc) is 2.78. The van der Waals surface area contributed by atoms with Gasteiger partial charge in [-0.3, -0.25) is 4.79 Å². The van der Waals surface area contributed by atoms with Gasteiger partial charge in [-0.2, -0.15) is 4.99 Å². The zero-order valence-corrected chi connectivity index (χ0v) is 9.19. The summed E-state index contributed by atoms with van der Waals surface area (Å²) in [6, 6.07) is 3.97. The Kier molecular flexibility index (Phi) is 2.79. The molecule has 0 N–H and O–H groups in total. The van der Waals surface area contributed by atoms with Crippen molar-refractivity contribution >= 4 is 39.9 Å². The second kappa shape index (κ2) is 4.06. The molecule has 0 aliphatic carbocycles. The Hall–Kier alpha value is -0.940. The van der Waals surface area contributed by atoms with Gasteiger partial charge < -0.3 is 0 Å². The maximum atomic E-state index is 11.3. The molecule has 0 aromatic carbocycles. The Bertz CT molecular complexity index is 406. The van der Waals surface area contributed by atoms with E-state index in [2.05, 4.69) is 9.98 Å². The molecule has 1 aromatic heterocycles. The van der Waals surface area contributed by atoms with Crippen LogP contribution in [-0.4, -0.2) is 23.0 Å². The van der Waals surface area contributed by atoms with Gasteiger partial charge >= 0.3 is 0 Å². The monoisotopic (exact) mass is 224 g/mol. The topological polar surface area (TPSA) is 41.8 Å². The number of thioether (sulfide) groups is 1. The van der Waals surface area contributed by atoms with Crippen LogP contribution in [0.25, 0.3) is 0 Å². The van der Waals surface area contributed by atoms with Crippen LogP contribution in [0.1, 0.15) is 4.88 Å². The Labute approximate surface area is 90.0 Å². The lowest BCUT2D eigenvalue weighted by Crippen LogP contribution is -2.09. The molecule has 1 aliphatic heterocycles. The Morgan fingerprint density at radius 1 is 1.50 bits per heavy atom. The largest absolute Gasteiger partial charge is 0.294 e. The van der Waals surface area contributed by atoms with Crippen molar-refractivity contribution in [2.24, 2.45) is 9.98 Å². The standard InChI is InChI=1S/C9H8N2OS2/c1-13-9-10-7(8(12)11-9)5-6-3-2-4-14-6/h2-4H,5H2,1H3. The fourth-order valence-electron chi connectivity index (χ4n) is 1.12. The Balaban J connectivity index is 2.12. The highest BCUT2D eigenvalue weighted by atomic mass is 32.2. The smallest absolute Gasteiger partial charge is 0.265 e. The summed E-state index contributed by atoms with van der Waals surface area (Å²) in [4.78, 5) is 20.5. The Morgan fingerprint density at radius 2 is 2.36 bits per heavy atom. The number of aliphatic imine (C=N–C) groups is 2. The molecule has 0 unspecified atom stereocenters. The number of nitrogens with zero attached hydrogens (tertiary/aromatic N) is 2. The molecule has 3 nitrogen and oxygen atoms in total. The van der Waals surface area contributed by atoms with E-state index in [9.17, 15) is 4.79 Å². The lowest BCUT2D eigenvalue weighted by Gasteiger charge is -1.92. The molecule has 0 atom stereocenters. The summed E-state index contributed by atoms with van der Waals surface area (Å²) < 4.78 is 0. The highest BCUT2D eigenvalue weighted by Gasteiger charge is 2.19. The van der Waals surface area contributed by atoms with Crippen LogP contribution in [0, 0.1) is 0 Å². The van der Waals surface area contributed by atoms with Gasteiger partial charge in [0.1, 0.15) is 5.71 Å². The molecular weight excluding hydrogens is 216 g/mol. The van der Waals surface area contributed by atoms with Crippen molar-refractivity contribution in [1.29, 1.82) is 0 Å². The first-order valence-electron chi connectivity index (χ1n) is 4.06. The van der Waals surface area contributed by atoms with Crippen molar-refractivity contribution in [3.8, 4) is 0 Å². The maximum Gasteiger partial charge on any atom is 0.294 e. The minimum atomic E-state index is -0.192. The molecule has 2 heterocycles. The summed E-state index contributed by atoms with van der Waals surface area (Å²) in [6.07, 6.45) is 2.47. The zero-order valence-electron chi connectivity index (χ0n) is 7.56. The fourth-order valence-corrected chi connectivity index (χ4v) is 2.21. The molecule has 1 aromatic rings. The van der Waals surface area contributed by atoms with Gasteiger partial charge in [0, 0.05) is 11.3 Å². The van der Waals surface area contributed by atoms with Crippen molar-refractivity contribution < 1.29 is 4.79 Å². The minimum absolute atomic E-state index is 0.192. The molecule has 0 saturated carbocycles. The molecule has 72 valence electrons. The van der Waals surface area contributed by atoms with Gasteiger partial charge in [0.2, 0.25) is 0 Å². The Morgan fingerprint density at radius 3 is 2.93 bits per heavy atom. The van der Waals surface area contributed by atoms with E-state index < -0.39 is 0 Å². The zero-order chi connectivity index (χ0) is 9.97. The predicted molar refractivity (Wildman–Crippen MR) is 61.4 cm³/mol. The average molecular weight is 224 g/mol. The summed E-state index contributed by atoms with van der Waals surface area (Å²) in [5.41, 5.74) is 0.553. The van der Waals surface area contributed by atoms with Crippen LogP contribution < -0.4 is 0 Å². The van der Waals surface area contributed by atoms with E-state index in [-0.39, 0.29) is 5.91 Å². The number of rotatable bonds is 2. The van der Waals surface area contributed by atoms with Crippen LogP contribution in [0.2, 0.25) is 0 Å². The van der Waals surface area contributed by atoms with Crippen LogP contribution in [-0.2, 0) is 11.2 Å². The van der Waals surface area contributed by atoms with E-state index in [1.807, 2.05) is 23.8 Å². The predicted octanol–water partition coefficient (Wildman–Crippen LogP) is 1.99. The minimum Gasteiger partial charge on any atom is -0.265 e. The highest BCUT2D eigenvalue weighted by molar-refractivity contribution is 8.13. The molecule has 0 saturated heterocycles. The molecular formula is C9H8N2OS2. The molecule has 0 radical (unpaired) electrons. The number of amidine groups is 1. The molecule has 0 spiro atoms. The lowest BCUT2D eigenvalue weighted by atomic mass is 10.2. The van der Waals surface area contributed by atoms with Crippen molar-refractivity contribution in [1.82, 2.24) is 0 Å². The summed E-state index contributed by atoms with van der Waals surface area (Å²) in [5, 5.41) is 2.56. The van der Waals surface area contributed by atoms with Crippen molar-refractivity contribution in [3.63, 3.8) is 0 Å². The SMILES string of the molecule is CSC1=NC(=O)C(Cc2cccs2)=N1. The number of hydrogen-bond acceptors (Lipinski definition) is 4. The summed E-state index contributed by atoms with van der Waals surface area (Å²) in [7, 11) is 0. The number of carbonyl (C=O) groups excluding carboxylic acids is 1. The van der Waals surface area contributed by atoms with Crippen LogP contribution in [0.3, 0.4) is 0 Å². The van der Waals surface area contributed by atoms with Gasteiger partial charge in [0.25, 0.3) is 5.91 Å². The van der Waals surface area contributed by atoms with Gasteiger partial charge in [0.05, 0.1) is 0 Å². The van der Waals surface area contributed by atoms with E-state index in [1.165, 1.54) is 11.8 Å². The number of hydrogen-bond donors (Lipinski definition) is 0. The van der Waals surface area contributed by atoms with Gasteiger partial charge in [-0.05, 0) is 17.7 Å². The van der Waals surface area contributed by atoms with E-state index >= 15 is 0 Å². The summed E-state index contributed by atoms with van der Waals surface area (Å²) >= 11 is 3.03. The van der Waals surface area contributed by atoms with Crippen LogP contribution in [0.4, 0.5) is 0 Å². The quantitative estimate of drug-likeness (QED) is 0.771. The molecule has 1 amide bonds. The number of carbonyl (C=O) groups is 1. The van der Waals surface area contributed by atoms with E-state index in [0.29, 0.717) is 17.3 Å². The van der Waals surface area contributed by atoms with Crippen molar-refractivity contribution in [3.05, 3.63) is 22.4 Å². The molecule has 0 fully saturated rings. The van der Waals surface area contributed by atoms with Crippen molar-refractivity contribution in [2.75, 3.05) is 6.26 Å². The van der Waals surface area contributed by atoms with Gasteiger partial charge in [-0.15, -0.1) is 11.3 Å². The summed E-state index contributed by atoms with van der Waals surface area (Å²) in [5.74, 6) is -0.192. The molecule has 0 bridgehead atoms. The highest BCUT2D eigenvalue weighted by Crippen LogP contribution is 2.14. The molecule has 2 rings (SSSR count). The second-order valence-corrected chi connectivity index (χ2v) is 4.52. The van der Waals surface area contributed by atoms with Crippen LogP contribution in [0.15, 0.2) is 27.5 Å². The fraction of sp³-hybridized carbons (Fsp3) is 0.222. The van der Waals surface area contributed by atoms with E-state index in [4.69, 9.17) is 0 Å². The third kappa shape index (κ3) is 1.93. The van der Waals surface area contributed by atoms with Crippen LogP contribution >= 0.6 is 23.1 Å². The third-order valence-corrected chi connectivity index (χ3v) is 3.20. The van der Waals surface area contributed by atoms with Crippen LogP contribution in [0.5, 0.6) is 0 Å². The number of amides is 1. The first-order chi connectivity index (χ1) is 6.79.